The van der Waals surface area contributed by atoms with Crippen molar-refractivity contribution in [1.82, 2.24) is 0 Å². The largest absolute Gasteiger partial charge is 0.279 e. The summed E-state index contributed by atoms with van der Waals surface area (Å²) in [6, 6.07) is 4.84. The summed E-state index contributed by atoms with van der Waals surface area (Å²) in [5.41, 5.74) is 0.460. The lowest BCUT2D eigenvalue weighted by Gasteiger charge is -1.98. The molecule has 0 saturated heterocycles. The minimum atomic E-state index is -0.349. The second kappa shape index (κ2) is 3.75. The van der Waals surface area contributed by atoms with Crippen LogP contribution in [0, 0.1) is 12.3 Å². The van der Waals surface area contributed by atoms with Gasteiger partial charge in [-0.2, -0.15) is 0 Å². The fourth-order valence-corrected chi connectivity index (χ4v) is 1.61. The van der Waals surface area contributed by atoms with E-state index in [2.05, 4.69) is 15.9 Å². The Morgan fingerprint density at radius 3 is 2.75 bits per heavy atom. The van der Waals surface area contributed by atoms with E-state index in [0.717, 1.165) is 0 Å². The van der Waals surface area contributed by atoms with Gasteiger partial charge in [-0.05, 0) is 40.0 Å². The van der Waals surface area contributed by atoms with E-state index in [4.69, 9.17) is 18.0 Å². The van der Waals surface area contributed by atoms with Crippen molar-refractivity contribution in [2.24, 2.45) is 0 Å². The lowest BCUT2D eigenvalue weighted by molar-refractivity contribution is 0.105. The van der Waals surface area contributed by atoms with Crippen molar-refractivity contribution in [2.75, 3.05) is 0 Å². The van der Waals surface area contributed by atoms with Crippen LogP contribution in [0.1, 0.15) is 10.4 Å². The summed E-state index contributed by atoms with van der Waals surface area (Å²) in [4.78, 5) is 11.0. The Morgan fingerprint density at radius 2 is 2.25 bits per heavy atom. The SMILES string of the molecule is C#CC(=O)c1ccc(Cl)cc1Br. The predicted molar refractivity (Wildman–Crippen MR) is 52.3 cm³/mol. The molecule has 0 N–H and O–H groups in total. The van der Waals surface area contributed by atoms with Crippen molar-refractivity contribution < 1.29 is 4.79 Å². The number of benzene rings is 1. The van der Waals surface area contributed by atoms with Crippen molar-refractivity contribution in [3.05, 3.63) is 33.3 Å². The number of terminal acetylenes is 1. The maximum absolute atomic E-state index is 11.0. The maximum Gasteiger partial charge on any atom is 0.236 e. The zero-order valence-corrected chi connectivity index (χ0v) is 8.32. The van der Waals surface area contributed by atoms with Gasteiger partial charge in [0.1, 0.15) is 0 Å². The maximum atomic E-state index is 11.0. The molecular formula is C9H4BrClO. The molecule has 0 radical (unpaired) electrons. The van der Waals surface area contributed by atoms with E-state index >= 15 is 0 Å². The Morgan fingerprint density at radius 1 is 1.58 bits per heavy atom. The summed E-state index contributed by atoms with van der Waals surface area (Å²) in [6.07, 6.45) is 4.96. The molecule has 0 aromatic heterocycles. The number of rotatable bonds is 1. The predicted octanol–water partition coefficient (Wildman–Crippen LogP) is 2.92. The van der Waals surface area contributed by atoms with Gasteiger partial charge < -0.3 is 0 Å². The number of ketones is 1. The number of carbonyl (C=O) groups is 1. The lowest BCUT2D eigenvalue weighted by atomic mass is 10.1. The van der Waals surface area contributed by atoms with Gasteiger partial charge >= 0.3 is 0 Å². The molecule has 0 aliphatic heterocycles. The number of halogens is 2. The van der Waals surface area contributed by atoms with E-state index in [1.54, 1.807) is 18.2 Å². The first-order valence-corrected chi connectivity index (χ1v) is 4.28. The third-order valence-electron chi connectivity index (χ3n) is 1.31. The molecule has 0 spiro atoms. The normalized spacial score (nSPS) is 9.08. The van der Waals surface area contributed by atoms with Crippen molar-refractivity contribution >= 4 is 33.3 Å². The summed E-state index contributed by atoms with van der Waals surface area (Å²) in [5, 5.41) is 0.565. The van der Waals surface area contributed by atoms with Gasteiger partial charge in [-0.1, -0.05) is 11.6 Å². The average Bonchev–Trinajstić information content (AvgIpc) is 2.03. The molecule has 0 fully saturated rings. The van der Waals surface area contributed by atoms with Crippen LogP contribution in [0.4, 0.5) is 0 Å². The first-order chi connectivity index (χ1) is 5.65. The van der Waals surface area contributed by atoms with E-state index in [0.29, 0.717) is 15.1 Å². The summed E-state index contributed by atoms with van der Waals surface area (Å²) < 4.78 is 0.623. The Kier molecular flexibility index (Phi) is 2.91. The monoisotopic (exact) mass is 242 g/mol. The van der Waals surface area contributed by atoms with Gasteiger partial charge in [-0.3, -0.25) is 4.79 Å². The van der Waals surface area contributed by atoms with E-state index < -0.39 is 0 Å². The van der Waals surface area contributed by atoms with Gasteiger partial charge in [-0.15, -0.1) is 6.42 Å². The van der Waals surface area contributed by atoms with Gasteiger partial charge in [-0.25, -0.2) is 0 Å². The fourth-order valence-electron chi connectivity index (χ4n) is 0.751. The van der Waals surface area contributed by atoms with Gasteiger partial charge in [0.2, 0.25) is 5.78 Å². The molecule has 0 aliphatic carbocycles. The van der Waals surface area contributed by atoms with E-state index in [1.807, 2.05) is 5.92 Å². The van der Waals surface area contributed by atoms with Crippen LogP contribution in [0.5, 0.6) is 0 Å². The van der Waals surface area contributed by atoms with E-state index in [9.17, 15) is 4.79 Å². The fraction of sp³-hybridized carbons (Fsp3) is 0. The molecule has 3 heteroatoms. The van der Waals surface area contributed by atoms with Crippen LogP contribution in [0.25, 0.3) is 0 Å². The van der Waals surface area contributed by atoms with Crippen LogP contribution in [-0.2, 0) is 0 Å². The van der Waals surface area contributed by atoms with Crippen LogP contribution in [0.2, 0.25) is 5.02 Å². The summed E-state index contributed by atoms with van der Waals surface area (Å²) >= 11 is 8.86. The van der Waals surface area contributed by atoms with E-state index in [1.165, 1.54) is 0 Å². The molecule has 0 heterocycles. The third kappa shape index (κ3) is 1.88. The molecule has 0 amide bonds. The smallest absolute Gasteiger partial charge is 0.236 e. The summed E-state index contributed by atoms with van der Waals surface area (Å²) in [5.74, 6) is 1.68. The quantitative estimate of drug-likeness (QED) is 0.421. The minimum absolute atomic E-state index is 0.349. The highest BCUT2D eigenvalue weighted by Crippen LogP contribution is 2.21. The molecule has 0 atom stereocenters. The Hall–Kier alpha value is -0.780. The van der Waals surface area contributed by atoms with Crippen molar-refractivity contribution in [1.29, 1.82) is 0 Å². The van der Waals surface area contributed by atoms with Crippen LogP contribution < -0.4 is 0 Å². The molecule has 60 valence electrons. The van der Waals surface area contributed by atoms with Crippen molar-refractivity contribution in [3.63, 3.8) is 0 Å². The van der Waals surface area contributed by atoms with Crippen LogP contribution >= 0.6 is 27.5 Å². The highest BCUT2D eigenvalue weighted by atomic mass is 79.9. The number of hydrogen-bond donors (Lipinski definition) is 0. The minimum Gasteiger partial charge on any atom is -0.279 e. The van der Waals surface area contributed by atoms with Gasteiger partial charge in [0.15, 0.2) is 0 Å². The lowest BCUT2D eigenvalue weighted by Crippen LogP contribution is -1.95. The highest BCUT2D eigenvalue weighted by Gasteiger charge is 2.06. The molecule has 1 nitrogen and oxygen atoms in total. The molecule has 0 saturated carbocycles. The topological polar surface area (TPSA) is 17.1 Å². The Bertz CT molecular complexity index is 365. The zero-order valence-electron chi connectivity index (χ0n) is 5.97. The van der Waals surface area contributed by atoms with Crippen LogP contribution in [0.3, 0.4) is 0 Å². The van der Waals surface area contributed by atoms with E-state index in [-0.39, 0.29) is 5.78 Å². The average molecular weight is 243 g/mol. The molecule has 0 unspecified atom stereocenters. The Balaban J connectivity index is 3.20. The second-order valence-corrected chi connectivity index (χ2v) is 3.39. The van der Waals surface area contributed by atoms with Crippen LogP contribution in [0.15, 0.2) is 22.7 Å². The zero-order chi connectivity index (χ0) is 9.14. The number of carbonyl (C=O) groups excluding carboxylic acids is 1. The number of Topliss-reactive ketones (excluding diaryl/α,β-unsaturated/α-hetero) is 1. The first kappa shape index (κ1) is 9.31. The molecule has 12 heavy (non-hydrogen) atoms. The van der Waals surface area contributed by atoms with Crippen LogP contribution in [-0.4, -0.2) is 5.78 Å². The molecule has 0 bridgehead atoms. The third-order valence-corrected chi connectivity index (χ3v) is 2.20. The highest BCUT2D eigenvalue weighted by molar-refractivity contribution is 9.10. The second-order valence-electron chi connectivity index (χ2n) is 2.10. The van der Waals surface area contributed by atoms with Crippen molar-refractivity contribution in [3.8, 4) is 12.3 Å². The molecule has 1 rings (SSSR count). The first-order valence-electron chi connectivity index (χ1n) is 3.11. The summed E-state index contributed by atoms with van der Waals surface area (Å²) in [6.45, 7) is 0. The standard InChI is InChI=1S/C9H4BrClO/c1-2-9(12)7-4-3-6(11)5-8(7)10/h1,3-5H. The van der Waals surface area contributed by atoms with Gasteiger partial charge in [0.05, 0.1) is 0 Å². The molecule has 1 aromatic carbocycles. The molecule has 0 aliphatic rings. The number of hydrogen-bond acceptors (Lipinski definition) is 1. The van der Waals surface area contributed by atoms with Gasteiger partial charge in [0.25, 0.3) is 0 Å². The molecular weight excluding hydrogens is 239 g/mol. The van der Waals surface area contributed by atoms with Gasteiger partial charge in [0, 0.05) is 15.1 Å². The Labute approximate surface area is 83.9 Å². The molecule has 1 aromatic rings. The van der Waals surface area contributed by atoms with Crippen molar-refractivity contribution in [2.45, 2.75) is 0 Å². The summed E-state index contributed by atoms with van der Waals surface area (Å²) in [7, 11) is 0.